The summed E-state index contributed by atoms with van der Waals surface area (Å²) in [7, 11) is 1.84. The number of hydrogen-bond acceptors (Lipinski definition) is 3. The van der Waals surface area contributed by atoms with E-state index in [0.717, 1.165) is 10.9 Å². The van der Waals surface area contributed by atoms with Gasteiger partial charge in [0.25, 0.3) is 5.91 Å². The molecule has 0 fully saturated rings. The summed E-state index contributed by atoms with van der Waals surface area (Å²) in [6.07, 6.45) is 1.84. The summed E-state index contributed by atoms with van der Waals surface area (Å²) in [5.74, 6) is -0.501. The van der Waals surface area contributed by atoms with Crippen molar-refractivity contribution in [2.45, 2.75) is 19.3 Å². The second kappa shape index (κ2) is 7.71. The molecule has 6 heteroatoms. The van der Waals surface area contributed by atoms with Crippen molar-refractivity contribution < 1.29 is 9.18 Å². The van der Waals surface area contributed by atoms with Gasteiger partial charge in [-0.15, -0.1) is 0 Å². The van der Waals surface area contributed by atoms with E-state index >= 15 is 0 Å². The third-order valence-corrected chi connectivity index (χ3v) is 5.23. The largest absolute Gasteiger partial charge is 0.351 e. The average molecular weight is 402 g/mol. The summed E-state index contributed by atoms with van der Waals surface area (Å²) in [5.41, 5.74) is 2.58. The maximum Gasteiger partial charge on any atom is 0.252 e. The van der Waals surface area contributed by atoms with E-state index in [0.29, 0.717) is 29.1 Å². The van der Waals surface area contributed by atoms with E-state index in [1.54, 1.807) is 28.9 Å². The number of para-hydroxylation sites is 1. The van der Waals surface area contributed by atoms with Gasteiger partial charge in [-0.05, 0) is 29.8 Å². The van der Waals surface area contributed by atoms with E-state index in [2.05, 4.69) is 15.4 Å². The van der Waals surface area contributed by atoms with E-state index in [1.165, 1.54) is 6.07 Å². The third-order valence-electron chi connectivity index (χ3n) is 5.23. The van der Waals surface area contributed by atoms with E-state index in [9.17, 15) is 9.18 Å². The van der Waals surface area contributed by atoms with Crippen LogP contribution in [0.2, 0.25) is 0 Å². The Hall–Kier alpha value is -3.54. The zero-order valence-electron chi connectivity index (χ0n) is 17.2. The maximum atomic E-state index is 14.3. The Kier molecular flexibility index (Phi) is 5.08. The molecule has 0 unspecified atom stereocenters. The molecule has 0 saturated carbocycles. The van der Waals surface area contributed by atoms with Crippen molar-refractivity contribution in [3.05, 3.63) is 83.8 Å². The molecule has 0 aliphatic carbocycles. The van der Waals surface area contributed by atoms with Crippen molar-refractivity contribution in [2.75, 3.05) is 6.54 Å². The first-order valence-electron chi connectivity index (χ1n) is 9.78. The molecule has 30 heavy (non-hydrogen) atoms. The first kappa shape index (κ1) is 19.8. The van der Waals surface area contributed by atoms with Crippen LogP contribution in [0.1, 0.15) is 29.8 Å². The van der Waals surface area contributed by atoms with Crippen molar-refractivity contribution >= 4 is 16.8 Å². The highest BCUT2D eigenvalue weighted by atomic mass is 19.1. The number of nitrogens with zero attached hydrogens (tertiary/aromatic N) is 3. The Bertz CT molecular complexity index is 1230. The molecule has 2 aromatic heterocycles. The number of carbonyl (C=O) groups excluding carboxylic acids is 1. The Morgan fingerprint density at radius 2 is 1.80 bits per heavy atom. The lowest BCUT2D eigenvalue weighted by atomic mass is 9.84. The Morgan fingerprint density at radius 3 is 2.53 bits per heavy atom. The molecule has 0 atom stereocenters. The lowest BCUT2D eigenvalue weighted by molar-refractivity contribution is 0.0947. The van der Waals surface area contributed by atoms with Gasteiger partial charge in [-0.25, -0.2) is 9.37 Å². The molecular weight excluding hydrogens is 379 g/mol. The molecule has 0 aliphatic heterocycles. The Labute approximate surface area is 174 Å². The van der Waals surface area contributed by atoms with Crippen LogP contribution in [0, 0.1) is 5.82 Å². The van der Waals surface area contributed by atoms with Gasteiger partial charge < -0.3 is 5.32 Å². The number of fused-ring (bicyclic) bond motifs is 1. The molecule has 0 aliphatic rings. The van der Waals surface area contributed by atoms with Crippen molar-refractivity contribution in [3.63, 3.8) is 0 Å². The minimum Gasteiger partial charge on any atom is -0.351 e. The SMILES string of the molecule is Cn1ccc(-c2cc(C(=O)NCC(C)(C)c3ccccc3F)c3ccccc3n2)n1. The summed E-state index contributed by atoms with van der Waals surface area (Å²) in [5, 5.41) is 8.15. The number of benzene rings is 2. The zero-order valence-corrected chi connectivity index (χ0v) is 17.2. The van der Waals surface area contributed by atoms with Crippen molar-refractivity contribution in [1.82, 2.24) is 20.1 Å². The summed E-state index contributed by atoms with van der Waals surface area (Å²) in [6.45, 7) is 4.12. The van der Waals surface area contributed by atoms with Crippen molar-refractivity contribution in [1.29, 1.82) is 0 Å². The van der Waals surface area contributed by atoms with Crippen LogP contribution in [0.25, 0.3) is 22.3 Å². The van der Waals surface area contributed by atoms with Crippen LogP contribution in [0.5, 0.6) is 0 Å². The predicted octanol–water partition coefficient (Wildman–Crippen LogP) is 4.48. The molecule has 1 N–H and O–H groups in total. The van der Waals surface area contributed by atoms with Gasteiger partial charge in [-0.2, -0.15) is 5.10 Å². The maximum absolute atomic E-state index is 14.3. The summed E-state index contributed by atoms with van der Waals surface area (Å²) in [6, 6.07) is 17.8. The molecule has 2 aromatic carbocycles. The highest BCUT2D eigenvalue weighted by Crippen LogP contribution is 2.26. The number of aryl methyl sites for hydroxylation is 1. The van der Waals surface area contributed by atoms with Crippen molar-refractivity contribution in [2.24, 2.45) is 7.05 Å². The van der Waals surface area contributed by atoms with E-state index in [1.807, 2.05) is 57.4 Å². The summed E-state index contributed by atoms with van der Waals surface area (Å²) in [4.78, 5) is 17.8. The number of aromatic nitrogens is 3. The molecule has 0 saturated heterocycles. The Balaban J connectivity index is 1.66. The smallest absolute Gasteiger partial charge is 0.252 e. The topological polar surface area (TPSA) is 59.8 Å². The van der Waals surface area contributed by atoms with Gasteiger partial charge in [0.15, 0.2) is 0 Å². The van der Waals surface area contributed by atoms with Crippen LogP contribution in [-0.4, -0.2) is 27.2 Å². The van der Waals surface area contributed by atoms with Crippen molar-refractivity contribution in [3.8, 4) is 11.4 Å². The van der Waals surface area contributed by atoms with Gasteiger partial charge in [0.2, 0.25) is 0 Å². The normalized spacial score (nSPS) is 11.6. The van der Waals surface area contributed by atoms with Gasteiger partial charge in [0.05, 0.1) is 16.8 Å². The van der Waals surface area contributed by atoms with Crippen LogP contribution >= 0.6 is 0 Å². The van der Waals surface area contributed by atoms with Gasteiger partial charge in [0.1, 0.15) is 11.5 Å². The fourth-order valence-electron chi connectivity index (χ4n) is 3.55. The third kappa shape index (κ3) is 3.81. The lowest BCUT2D eigenvalue weighted by Gasteiger charge is -2.26. The second-order valence-corrected chi connectivity index (χ2v) is 7.99. The lowest BCUT2D eigenvalue weighted by Crippen LogP contribution is -2.37. The molecule has 2 heterocycles. The number of pyridine rings is 1. The highest BCUT2D eigenvalue weighted by Gasteiger charge is 2.25. The quantitative estimate of drug-likeness (QED) is 0.535. The van der Waals surface area contributed by atoms with Gasteiger partial charge in [-0.3, -0.25) is 9.48 Å². The highest BCUT2D eigenvalue weighted by molar-refractivity contribution is 6.07. The monoisotopic (exact) mass is 402 g/mol. The van der Waals surface area contributed by atoms with E-state index < -0.39 is 5.41 Å². The minimum absolute atomic E-state index is 0.227. The number of nitrogens with one attached hydrogen (secondary N) is 1. The molecule has 5 nitrogen and oxygen atoms in total. The fraction of sp³-hybridized carbons (Fsp3) is 0.208. The standard InChI is InChI=1S/C24H23FN4O/c1-24(2,18-9-5-6-10-19(18)25)15-26-23(30)17-14-22(21-12-13-29(3)28-21)27-20-11-7-4-8-16(17)20/h4-14H,15H2,1-3H3,(H,26,30). The molecule has 0 spiro atoms. The van der Waals surface area contributed by atoms with Gasteiger partial charge >= 0.3 is 0 Å². The van der Waals surface area contributed by atoms with Gasteiger partial charge in [0, 0.05) is 30.6 Å². The predicted molar refractivity (Wildman–Crippen MR) is 116 cm³/mol. The minimum atomic E-state index is -0.562. The molecule has 0 bridgehead atoms. The number of amides is 1. The molecule has 0 radical (unpaired) electrons. The van der Waals surface area contributed by atoms with E-state index in [-0.39, 0.29) is 11.7 Å². The first-order chi connectivity index (χ1) is 14.3. The summed E-state index contributed by atoms with van der Waals surface area (Å²) >= 11 is 0. The first-order valence-corrected chi connectivity index (χ1v) is 9.78. The fourth-order valence-corrected chi connectivity index (χ4v) is 3.55. The summed E-state index contributed by atoms with van der Waals surface area (Å²) < 4.78 is 16.0. The Morgan fingerprint density at radius 1 is 1.07 bits per heavy atom. The molecule has 152 valence electrons. The second-order valence-electron chi connectivity index (χ2n) is 7.99. The number of rotatable bonds is 5. The van der Waals surface area contributed by atoms with Crippen LogP contribution < -0.4 is 5.32 Å². The van der Waals surface area contributed by atoms with Gasteiger partial charge in [-0.1, -0.05) is 50.2 Å². The van der Waals surface area contributed by atoms with E-state index in [4.69, 9.17) is 0 Å². The van der Waals surface area contributed by atoms with Crippen LogP contribution in [0.4, 0.5) is 4.39 Å². The molecule has 1 amide bonds. The molecular formula is C24H23FN4O. The number of hydrogen-bond donors (Lipinski definition) is 1. The zero-order chi connectivity index (χ0) is 21.3. The molecule has 4 aromatic rings. The van der Waals surface area contributed by atoms with Crippen LogP contribution in [0.3, 0.4) is 0 Å². The average Bonchev–Trinajstić information content (AvgIpc) is 3.18. The number of carbonyl (C=O) groups is 1. The van der Waals surface area contributed by atoms with Crippen LogP contribution in [-0.2, 0) is 12.5 Å². The molecule has 4 rings (SSSR count). The number of halogens is 1. The van der Waals surface area contributed by atoms with Crippen LogP contribution in [0.15, 0.2) is 66.9 Å².